The van der Waals surface area contributed by atoms with Crippen LogP contribution in [0.4, 0.5) is 0 Å². The second-order valence-corrected chi connectivity index (χ2v) is 4.46. The van der Waals surface area contributed by atoms with Crippen molar-refractivity contribution in [3.8, 4) is 0 Å². The Kier molecular flexibility index (Phi) is 5.94. The van der Waals surface area contributed by atoms with Crippen LogP contribution in [-0.4, -0.2) is 37.6 Å². The lowest BCUT2D eigenvalue weighted by Crippen LogP contribution is -2.34. The van der Waals surface area contributed by atoms with E-state index in [4.69, 9.17) is 4.74 Å². The third kappa shape index (κ3) is 4.32. The van der Waals surface area contributed by atoms with Gasteiger partial charge in [0, 0.05) is 30.2 Å². The Labute approximate surface area is 110 Å². The van der Waals surface area contributed by atoms with Gasteiger partial charge in [0.25, 0.3) is 5.91 Å². The molecular formula is C13H16BrNO2. The lowest BCUT2D eigenvalue weighted by molar-refractivity contribution is 0.0718. The van der Waals surface area contributed by atoms with Gasteiger partial charge in [0.05, 0.1) is 6.61 Å². The first-order chi connectivity index (χ1) is 8.19. The molecule has 1 aromatic carbocycles. The number of halogens is 1. The van der Waals surface area contributed by atoms with E-state index in [1.807, 2.05) is 18.2 Å². The number of benzene rings is 1. The number of carbonyl (C=O) groups excluding carboxylic acids is 1. The minimum absolute atomic E-state index is 0.0109. The van der Waals surface area contributed by atoms with Gasteiger partial charge in [-0.3, -0.25) is 4.79 Å². The Bertz CT molecular complexity index is 393. The fourth-order valence-corrected chi connectivity index (χ4v) is 1.84. The highest BCUT2D eigenvalue weighted by atomic mass is 79.9. The number of hydrogen-bond acceptors (Lipinski definition) is 2. The van der Waals surface area contributed by atoms with Crippen molar-refractivity contribution in [3.05, 3.63) is 47.0 Å². The molecule has 0 bridgehead atoms. The van der Waals surface area contributed by atoms with Gasteiger partial charge in [-0.05, 0) is 18.2 Å². The maximum absolute atomic E-state index is 12.2. The molecular weight excluding hydrogens is 282 g/mol. The molecule has 4 heteroatoms. The molecule has 0 atom stereocenters. The molecule has 0 aromatic heterocycles. The van der Waals surface area contributed by atoms with Crippen LogP contribution in [0.15, 0.2) is 41.4 Å². The van der Waals surface area contributed by atoms with Crippen LogP contribution in [0.2, 0.25) is 0 Å². The zero-order valence-corrected chi connectivity index (χ0v) is 11.4. The van der Waals surface area contributed by atoms with Gasteiger partial charge in [0.15, 0.2) is 0 Å². The summed E-state index contributed by atoms with van der Waals surface area (Å²) >= 11 is 3.36. The van der Waals surface area contributed by atoms with Crippen molar-refractivity contribution >= 4 is 21.8 Å². The molecule has 0 saturated carbocycles. The maximum atomic E-state index is 12.2. The second kappa shape index (κ2) is 7.25. The molecule has 0 aliphatic carbocycles. The van der Waals surface area contributed by atoms with E-state index in [0.717, 1.165) is 4.47 Å². The van der Waals surface area contributed by atoms with E-state index in [-0.39, 0.29) is 5.91 Å². The Balaban J connectivity index is 2.79. The summed E-state index contributed by atoms with van der Waals surface area (Å²) in [6.07, 6.45) is 1.71. The average molecular weight is 298 g/mol. The number of ether oxygens (including phenoxy) is 1. The lowest BCUT2D eigenvalue weighted by atomic mass is 10.2. The van der Waals surface area contributed by atoms with E-state index >= 15 is 0 Å². The largest absolute Gasteiger partial charge is 0.383 e. The van der Waals surface area contributed by atoms with Gasteiger partial charge in [-0.1, -0.05) is 28.1 Å². The second-order valence-electron chi connectivity index (χ2n) is 3.54. The minimum atomic E-state index is -0.0109. The molecule has 0 aliphatic heterocycles. The van der Waals surface area contributed by atoms with Crippen LogP contribution < -0.4 is 0 Å². The van der Waals surface area contributed by atoms with Crippen molar-refractivity contribution in [1.82, 2.24) is 4.90 Å². The molecule has 0 N–H and O–H groups in total. The minimum Gasteiger partial charge on any atom is -0.383 e. The van der Waals surface area contributed by atoms with Crippen LogP contribution in [0.1, 0.15) is 10.4 Å². The van der Waals surface area contributed by atoms with Crippen molar-refractivity contribution in [1.29, 1.82) is 0 Å². The summed E-state index contributed by atoms with van der Waals surface area (Å²) in [5.74, 6) is -0.0109. The monoisotopic (exact) mass is 297 g/mol. The average Bonchev–Trinajstić information content (AvgIpc) is 2.33. The summed E-state index contributed by atoms with van der Waals surface area (Å²) in [6, 6.07) is 7.35. The zero-order valence-electron chi connectivity index (χ0n) is 9.86. The van der Waals surface area contributed by atoms with E-state index in [1.165, 1.54) is 0 Å². The van der Waals surface area contributed by atoms with Crippen LogP contribution in [0.25, 0.3) is 0 Å². The lowest BCUT2D eigenvalue weighted by Gasteiger charge is -2.20. The standard InChI is InChI=1S/C13H16BrNO2/c1-3-7-15(8-9-17-2)13(16)11-5-4-6-12(14)10-11/h3-6,10H,1,7-9H2,2H3. The quantitative estimate of drug-likeness (QED) is 0.756. The summed E-state index contributed by atoms with van der Waals surface area (Å²) in [7, 11) is 1.62. The first-order valence-corrected chi connectivity index (χ1v) is 6.13. The molecule has 17 heavy (non-hydrogen) atoms. The molecule has 0 spiro atoms. The predicted octanol–water partition coefficient (Wildman–Crippen LogP) is 2.72. The molecule has 1 rings (SSSR count). The van der Waals surface area contributed by atoms with Crippen LogP contribution in [0, 0.1) is 0 Å². The molecule has 0 saturated heterocycles. The van der Waals surface area contributed by atoms with Crippen molar-refractivity contribution in [2.24, 2.45) is 0 Å². The highest BCUT2D eigenvalue weighted by molar-refractivity contribution is 9.10. The van der Waals surface area contributed by atoms with E-state index in [9.17, 15) is 4.79 Å². The highest BCUT2D eigenvalue weighted by Gasteiger charge is 2.14. The number of carbonyl (C=O) groups is 1. The number of hydrogen-bond donors (Lipinski definition) is 0. The predicted molar refractivity (Wildman–Crippen MR) is 72.1 cm³/mol. The van der Waals surface area contributed by atoms with E-state index in [2.05, 4.69) is 22.5 Å². The van der Waals surface area contributed by atoms with Gasteiger partial charge in [0.2, 0.25) is 0 Å². The van der Waals surface area contributed by atoms with E-state index < -0.39 is 0 Å². The summed E-state index contributed by atoms with van der Waals surface area (Å²) in [5, 5.41) is 0. The van der Waals surface area contributed by atoms with Crippen molar-refractivity contribution in [2.45, 2.75) is 0 Å². The van der Waals surface area contributed by atoms with Crippen molar-refractivity contribution < 1.29 is 9.53 Å². The molecule has 0 fully saturated rings. The number of nitrogens with zero attached hydrogens (tertiary/aromatic N) is 1. The Morgan fingerprint density at radius 2 is 2.35 bits per heavy atom. The molecule has 92 valence electrons. The van der Waals surface area contributed by atoms with Crippen molar-refractivity contribution in [2.75, 3.05) is 26.8 Å². The van der Waals surface area contributed by atoms with Crippen LogP contribution in [0.3, 0.4) is 0 Å². The molecule has 1 aromatic rings. The van der Waals surface area contributed by atoms with Crippen LogP contribution >= 0.6 is 15.9 Å². The smallest absolute Gasteiger partial charge is 0.254 e. The zero-order chi connectivity index (χ0) is 12.7. The molecule has 0 unspecified atom stereocenters. The maximum Gasteiger partial charge on any atom is 0.254 e. The van der Waals surface area contributed by atoms with Gasteiger partial charge in [-0.25, -0.2) is 0 Å². The van der Waals surface area contributed by atoms with Crippen molar-refractivity contribution in [3.63, 3.8) is 0 Å². The Morgan fingerprint density at radius 3 is 2.94 bits per heavy atom. The molecule has 3 nitrogen and oxygen atoms in total. The van der Waals surface area contributed by atoms with Gasteiger partial charge >= 0.3 is 0 Å². The number of rotatable bonds is 6. The fourth-order valence-electron chi connectivity index (χ4n) is 1.44. The fraction of sp³-hybridized carbons (Fsp3) is 0.308. The third-order valence-electron chi connectivity index (χ3n) is 2.27. The topological polar surface area (TPSA) is 29.5 Å². The van der Waals surface area contributed by atoms with E-state index in [0.29, 0.717) is 25.3 Å². The third-order valence-corrected chi connectivity index (χ3v) is 2.77. The molecule has 0 aliphatic rings. The Hall–Kier alpha value is -1.13. The highest BCUT2D eigenvalue weighted by Crippen LogP contribution is 2.13. The number of methoxy groups -OCH3 is 1. The van der Waals surface area contributed by atoms with Gasteiger partial charge in [0.1, 0.15) is 0 Å². The summed E-state index contributed by atoms with van der Waals surface area (Å²) in [4.78, 5) is 13.9. The molecule has 1 amide bonds. The first-order valence-electron chi connectivity index (χ1n) is 5.33. The van der Waals surface area contributed by atoms with Crippen LogP contribution in [-0.2, 0) is 4.74 Å². The van der Waals surface area contributed by atoms with Crippen LogP contribution in [0.5, 0.6) is 0 Å². The van der Waals surface area contributed by atoms with Gasteiger partial charge in [-0.2, -0.15) is 0 Å². The first kappa shape index (κ1) is 13.9. The normalized spacial score (nSPS) is 10.0. The summed E-state index contributed by atoms with van der Waals surface area (Å²) in [5.41, 5.74) is 0.664. The Morgan fingerprint density at radius 1 is 1.59 bits per heavy atom. The summed E-state index contributed by atoms with van der Waals surface area (Å²) in [6.45, 7) is 5.27. The van der Waals surface area contributed by atoms with Gasteiger partial charge in [-0.15, -0.1) is 6.58 Å². The number of amides is 1. The summed E-state index contributed by atoms with van der Waals surface area (Å²) < 4.78 is 5.89. The van der Waals surface area contributed by atoms with Gasteiger partial charge < -0.3 is 9.64 Å². The SMILES string of the molecule is C=CCN(CCOC)C(=O)c1cccc(Br)c1. The van der Waals surface area contributed by atoms with E-state index in [1.54, 1.807) is 24.2 Å². The molecule has 0 radical (unpaired) electrons. The molecule has 0 heterocycles.